The Labute approximate surface area is 202 Å². The summed E-state index contributed by atoms with van der Waals surface area (Å²) in [5, 5.41) is 0. The topological polar surface area (TPSA) is 0 Å². The van der Waals surface area contributed by atoms with E-state index in [1.165, 1.54) is 68.5 Å². The molecule has 34 heavy (non-hydrogen) atoms. The van der Waals surface area contributed by atoms with Gasteiger partial charge in [-0.3, -0.25) is 0 Å². The molecule has 0 N–H and O–H groups in total. The Morgan fingerprint density at radius 3 is 0.853 bits per heavy atom. The first-order chi connectivity index (χ1) is 16.9. The fourth-order valence-electron chi connectivity index (χ4n) is 5.64. The van der Waals surface area contributed by atoms with Crippen LogP contribution < -0.4 is 0 Å². The highest BCUT2D eigenvalue weighted by atomic mass is 14.3. The molecule has 6 rings (SSSR count). The van der Waals surface area contributed by atoms with E-state index in [0.29, 0.717) is 0 Å². The second kappa shape index (κ2) is 9.15. The van der Waals surface area contributed by atoms with Gasteiger partial charge >= 0.3 is 0 Å². The Hall–Kier alpha value is -3.90. The minimum absolute atomic E-state index is 1.13. The first-order valence-corrected chi connectivity index (χ1v) is 12.3. The Morgan fingerprint density at radius 1 is 0.294 bits per heavy atom. The Bertz CT molecular complexity index is 1290. The molecule has 5 aromatic carbocycles. The Balaban J connectivity index is 1.84. The Morgan fingerprint density at radius 2 is 0.559 bits per heavy atom. The van der Waals surface area contributed by atoms with E-state index in [1.807, 2.05) is 0 Å². The molecule has 5 aromatic rings. The van der Waals surface area contributed by atoms with E-state index in [4.69, 9.17) is 0 Å². The molecule has 0 aromatic heterocycles. The van der Waals surface area contributed by atoms with Gasteiger partial charge in [-0.1, -0.05) is 121 Å². The van der Waals surface area contributed by atoms with E-state index in [0.717, 1.165) is 12.8 Å². The van der Waals surface area contributed by atoms with Crippen molar-refractivity contribution in [2.45, 2.75) is 25.7 Å². The van der Waals surface area contributed by atoms with E-state index in [2.05, 4.69) is 121 Å². The number of hydrogen-bond acceptors (Lipinski definition) is 0. The average Bonchev–Trinajstić information content (AvgIpc) is 2.93. The zero-order valence-electron chi connectivity index (χ0n) is 19.4. The molecule has 0 saturated heterocycles. The van der Waals surface area contributed by atoms with Crippen LogP contribution in [0.15, 0.2) is 121 Å². The van der Waals surface area contributed by atoms with Crippen molar-refractivity contribution in [3.63, 3.8) is 0 Å². The zero-order chi connectivity index (χ0) is 22.7. The van der Waals surface area contributed by atoms with Crippen LogP contribution in [0.3, 0.4) is 0 Å². The first-order valence-electron chi connectivity index (χ1n) is 12.3. The summed E-state index contributed by atoms with van der Waals surface area (Å²) in [7, 11) is 0. The third-order valence-electron chi connectivity index (χ3n) is 7.07. The molecule has 0 unspecified atom stereocenters. The van der Waals surface area contributed by atoms with Gasteiger partial charge in [-0.2, -0.15) is 0 Å². The van der Waals surface area contributed by atoms with Crippen molar-refractivity contribution in [3.8, 4) is 44.5 Å². The molecule has 0 nitrogen and oxygen atoms in total. The summed E-state index contributed by atoms with van der Waals surface area (Å²) >= 11 is 0. The average molecular weight is 437 g/mol. The van der Waals surface area contributed by atoms with Gasteiger partial charge in [0.1, 0.15) is 0 Å². The fraction of sp³-hybridized carbons (Fsp3) is 0.118. The SMILES string of the molecule is c1ccc(-c2c3c(c(-c4ccccc4)c(-c4ccccc4)c2-c2ccccc2)CCCC3)cc1. The second-order valence-corrected chi connectivity index (χ2v) is 9.13. The maximum absolute atomic E-state index is 2.29. The summed E-state index contributed by atoms with van der Waals surface area (Å²) < 4.78 is 0. The fourth-order valence-corrected chi connectivity index (χ4v) is 5.64. The van der Waals surface area contributed by atoms with E-state index < -0.39 is 0 Å². The van der Waals surface area contributed by atoms with E-state index >= 15 is 0 Å². The molecular weight excluding hydrogens is 408 g/mol. The monoisotopic (exact) mass is 436 g/mol. The maximum Gasteiger partial charge on any atom is -0.00176 e. The van der Waals surface area contributed by atoms with E-state index in [9.17, 15) is 0 Å². The molecule has 0 spiro atoms. The van der Waals surface area contributed by atoms with Crippen molar-refractivity contribution in [2.75, 3.05) is 0 Å². The molecule has 0 heterocycles. The van der Waals surface area contributed by atoms with Gasteiger partial charge in [-0.25, -0.2) is 0 Å². The highest BCUT2D eigenvalue weighted by Crippen LogP contribution is 2.51. The van der Waals surface area contributed by atoms with Gasteiger partial charge < -0.3 is 0 Å². The lowest BCUT2D eigenvalue weighted by molar-refractivity contribution is 0.688. The highest BCUT2D eigenvalue weighted by molar-refractivity contribution is 6.04. The van der Waals surface area contributed by atoms with Gasteiger partial charge in [0.2, 0.25) is 0 Å². The zero-order valence-corrected chi connectivity index (χ0v) is 19.4. The van der Waals surface area contributed by atoms with Crippen molar-refractivity contribution >= 4 is 0 Å². The van der Waals surface area contributed by atoms with E-state index in [1.54, 1.807) is 0 Å². The van der Waals surface area contributed by atoms with Crippen molar-refractivity contribution in [3.05, 3.63) is 132 Å². The van der Waals surface area contributed by atoms with Crippen LogP contribution in [0.1, 0.15) is 24.0 Å². The molecule has 0 bridgehead atoms. The minimum Gasteiger partial charge on any atom is -0.0622 e. The van der Waals surface area contributed by atoms with Gasteiger partial charge in [0, 0.05) is 0 Å². The largest absolute Gasteiger partial charge is 0.0622 e. The molecular formula is C34H28. The van der Waals surface area contributed by atoms with Crippen LogP contribution in [-0.2, 0) is 12.8 Å². The van der Waals surface area contributed by atoms with Crippen molar-refractivity contribution < 1.29 is 0 Å². The van der Waals surface area contributed by atoms with Crippen molar-refractivity contribution in [1.82, 2.24) is 0 Å². The second-order valence-electron chi connectivity index (χ2n) is 9.13. The van der Waals surface area contributed by atoms with Gasteiger partial charge in [-0.05, 0) is 81.3 Å². The van der Waals surface area contributed by atoms with Gasteiger partial charge in [-0.15, -0.1) is 0 Å². The van der Waals surface area contributed by atoms with Crippen LogP contribution in [0.4, 0.5) is 0 Å². The van der Waals surface area contributed by atoms with Crippen LogP contribution in [0.5, 0.6) is 0 Å². The molecule has 164 valence electrons. The molecule has 0 radical (unpaired) electrons. The van der Waals surface area contributed by atoms with Crippen LogP contribution in [0, 0.1) is 0 Å². The molecule has 1 aliphatic carbocycles. The summed E-state index contributed by atoms with van der Waals surface area (Å²) in [6, 6.07) is 44.1. The third-order valence-corrected chi connectivity index (χ3v) is 7.07. The summed E-state index contributed by atoms with van der Waals surface area (Å²) in [4.78, 5) is 0. The highest BCUT2D eigenvalue weighted by Gasteiger charge is 2.28. The molecule has 0 saturated carbocycles. The van der Waals surface area contributed by atoms with Gasteiger partial charge in [0.05, 0.1) is 0 Å². The molecule has 0 amide bonds. The van der Waals surface area contributed by atoms with Crippen molar-refractivity contribution in [2.24, 2.45) is 0 Å². The Kier molecular flexibility index (Phi) is 5.57. The number of hydrogen-bond donors (Lipinski definition) is 0. The lowest BCUT2D eigenvalue weighted by atomic mass is 9.73. The quantitative estimate of drug-likeness (QED) is 0.263. The van der Waals surface area contributed by atoms with Gasteiger partial charge in [0.25, 0.3) is 0 Å². The van der Waals surface area contributed by atoms with Crippen molar-refractivity contribution in [1.29, 1.82) is 0 Å². The molecule has 0 fully saturated rings. The first kappa shape index (κ1) is 20.7. The third kappa shape index (κ3) is 3.66. The molecule has 0 atom stereocenters. The molecule has 1 aliphatic rings. The van der Waals surface area contributed by atoms with Crippen LogP contribution >= 0.6 is 0 Å². The van der Waals surface area contributed by atoms with Crippen LogP contribution in [0.25, 0.3) is 44.5 Å². The van der Waals surface area contributed by atoms with E-state index in [-0.39, 0.29) is 0 Å². The minimum atomic E-state index is 1.13. The predicted molar refractivity (Wildman–Crippen MR) is 145 cm³/mol. The summed E-state index contributed by atoms with van der Waals surface area (Å²) in [6.07, 6.45) is 4.77. The summed E-state index contributed by atoms with van der Waals surface area (Å²) in [6.45, 7) is 0. The summed E-state index contributed by atoms with van der Waals surface area (Å²) in [5.74, 6) is 0. The number of benzene rings is 5. The molecule has 0 aliphatic heterocycles. The van der Waals surface area contributed by atoms with Gasteiger partial charge in [0.15, 0.2) is 0 Å². The number of fused-ring (bicyclic) bond motifs is 1. The van der Waals surface area contributed by atoms with Crippen LogP contribution in [0.2, 0.25) is 0 Å². The predicted octanol–water partition coefficient (Wildman–Crippen LogP) is 9.23. The lowest BCUT2D eigenvalue weighted by Crippen LogP contribution is -2.10. The molecule has 0 heteroatoms. The summed E-state index contributed by atoms with van der Waals surface area (Å²) in [5.41, 5.74) is 13.8. The number of rotatable bonds is 4. The maximum atomic E-state index is 2.29. The normalized spacial score (nSPS) is 12.8. The van der Waals surface area contributed by atoms with Crippen LogP contribution in [-0.4, -0.2) is 0 Å². The smallest absolute Gasteiger partial charge is 0.00176 e. The lowest BCUT2D eigenvalue weighted by Gasteiger charge is -2.30. The standard InChI is InChI=1S/C34H28/c1-5-15-25(16-6-1)31-29-23-13-14-24-30(29)32(26-17-7-2-8-18-26)34(28-21-11-4-12-22-28)33(31)27-19-9-3-10-20-27/h1-12,15-22H,13-14,23-24H2.